The lowest BCUT2D eigenvalue weighted by Crippen LogP contribution is -2.29. The fourth-order valence-electron chi connectivity index (χ4n) is 5.58. The van der Waals surface area contributed by atoms with Crippen LogP contribution in [0.3, 0.4) is 0 Å². The second-order valence-electron chi connectivity index (χ2n) is 10.2. The average Bonchev–Trinajstić information content (AvgIpc) is 3.52. The number of thiocarbonyl (C=S) groups is 1. The number of benzene rings is 3. The molecule has 0 radical (unpaired) electrons. The molecule has 7 nitrogen and oxygen atoms in total. The highest BCUT2D eigenvalue weighted by atomic mass is 32.1. The van der Waals surface area contributed by atoms with Gasteiger partial charge in [-0.2, -0.15) is 0 Å². The van der Waals surface area contributed by atoms with Crippen LogP contribution in [0.25, 0.3) is 5.69 Å². The van der Waals surface area contributed by atoms with E-state index < -0.39 is 0 Å². The zero-order chi connectivity index (χ0) is 29.1. The van der Waals surface area contributed by atoms with Crippen molar-refractivity contribution in [3.63, 3.8) is 0 Å². The van der Waals surface area contributed by atoms with Crippen molar-refractivity contribution in [2.45, 2.75) is 25.9 Å². The van der Waals surface area contributed by atoms with Crippen LogP contribution in [0.4, 0.5) is 11.4 Å². The second kappa shape index (κ2) is 11.9. The number of anilines is 2. The Balaban J connectivity index is 1.30. The predicted octanol–water partition coefficient (Wildman–Crippen LogP) is 6.68. The lowest BCUT2D eigenvalue weighted by Gasteiger charge is -2.28. The summed E-state index contributed by atoms with van der Waals surface area (Å²) in [6, 6.07) is 35.3. The number of carbonyl (C=O) groups excluding carboxylic acids is 1. The smallest absolute Gasteiger partial charge is 0.262 e. The summed E-state index contributed by atoms with van der Waals surface area (Å²) in [5, 5.41) is 7.07. The molecule has 3 aromatic carbocycles. The topological polar surface area (TPSA) is 71.4 Å². The maximum Gasteiger partial charge on any atom is 0.262 e. The van der Waals surface area contributed by atoms with Crippen LogP contribution in [0.15, 0.2) is 115 Å². The maximum atomic E-state index is 12.5. The Hall–Kier alpha value is -4.95. The van der Waals surface area contributed by atoms with Gasteiger partial charge in [-0.1, -0.05) is 42.5 Å². The van der Waals surface area contributed by atoms with Crippen LogP contribution in [0.5, 0.6) is 5.75 Å². The van der Waals surface area contributed by atoms with Crippen molar-refractivity contribution in [1.29, 1.82) is 0 Å². The van der Waals surface area contributed by atoms with Gasteiger partial charge in [-0.15, -0.1) is 0 Å². The molecule has 1 aliphatic rings. The molecule has 3 heterocycles. The summed E-state index contributed by atoms with van der Waals surface area (Å²) in [5.74, 6) is 0.421. The van der Waals surface area contributed by atoms with Crippen LogP contribution >= 0.6 is 12.2 Å². The summed E-state index contributed by atoms with van der Waals surface area (Å²) in [7, 11) is 0. The van der Waals surface area contributed by atoms with Crippen molar-refractivity contribution in [1.82, 2.24) is 14.9 Å². The highest BCUT2D eigenvalue weighted by Gasteiger charge is 2.42. The van der Waals surface area contributed by atoms with E-state index in [2.05, 4.69) is 69.3 Å². The summed E-state index contributed by atoms with van der Waals surface area (Å²) >= 11 is 5.93. The SMILES string of the molecule is Cc1cc([C@@H]2[C@H](c3ccccn3)NC(=S)N2c2ccc(NC(=O)COc3ccccc3)cc2)c(C)n1-c1ccccc1. The highest BCUT2D eigenvalue weighted by Crippen LogP contribution is 2.43. The molecule has 8 heteroatoms. The van der Waals surface area contributed by atoms with Gasteiger partial charge in [0.2, 0.25) is 0 Å². The summed E-state index contributed by atoms with van der Waals surface area (Å²) in [5.41, 5.74) is 7.07. The fourth-order valence-corrected chi connectivity index (χ4v) is 5.92. The van der Waals surface area contributed by atoms with Gasteiger partial charge in [-0.25, -0.2) is 0 Å². The number of amides is 1. The molecule has 1 fully saturated rings. The second-order valence-corrected chi connectivity index (χ2v) is 10.6. The molecule has 2 N–H and O–H groups in total. The summed E-state index contributed by atoms with van der Waals surface area (Å²) in [4.78, 5) is 19.4. The van der Waals surface area contributed by atoms with Gasteiger partial charge in [0, 0.05) is 34.6 Å². The number of pyridine rings is 1. The average molecular weight is 574 g/mol. The molecular formula is C34H31N5O2S. The first-order valence-corrected chi connectivity index (χ1v) is 14.2. The van der Waals surface area contributed by atoms with Gasteiger partial charge in [-0.3, -0.25) is 9.78 Å². The van der Waals surface area contributed by atoms with Gasteiger partial charge in [0.1, 0.15) is 5.75 Å². The third kappa shape index (κ3) is 5.49. The number of carbonyl (C=O) groups is 1. The molecule has 0 unspecified atom stereocenters. The van der Waals surface area contributed by atoms with E-state index in [-0.39, 0.29) is 24.6 Å². The quantitative estimate of drug-likeness (QED) is 0.202. The molecule has 6 rings (SSSR count). The van der Waals surface area contributed by atoms with Gasteiger partial charge in [0.15, 0.2) is 11.7 Å². The minimum absolute atomic E-state index is 0.0727. The zero-order valence-corrected chi connectivity index (χ0v) is 24.2. The largest absolute Gasteiger partial charge is 0.484 e. The summed E-state index contributed by atoms with van der Waals surface area (Å²) in [6.45, 7) is 4.21. The monoisotopic (exact) mass is 573 g/mol. The third-order valence-electron chi connectivity index (χ3n) is 7.44. The number of aromatic nitrogens is 2. The number of hydrogen-bond donors (Lipinski definition) is 2. The lowest BCUT2D eigenvalue weighted by atomic mass is 9.96. The first-order valence-electron chi connectivity index (χ1n) is 13.8. The molecule has 1 aliphatic heterocycles. The molecule has 42 heavy (non-hydrogen) atoms. The first kappa shape index (κ1) is 27.2. The summed E-state index contributed by atoms with van der Waals surface area (Å²) in [6.07, 6.45) is 1.81. The van der Waals surface area contributed by atoms with Crippen LogP contribution in [0.2, 0.25) is 0 Å². The minimum Gasteiger partial charge on any atom is -0.484 e. The Kier molecular flexibility index (Phi) is 7.70. The molecular weight excluding hydrogens is 542 g/mol. The van der Waals surface area contributed by atoms with E-state index in [0.717, 1.165) is 34.0 Å². The number of para-hydroxylation sites is 2. The van der Waals surface area contributed by atoms with E-state index in [1.54, 1.807) is 0 Å². The van der Waals surface area contributed by atoms with E-state index in [4.69, 9.17) is 17.0 Å². The fraction of sp³-hybridized carbons (Fsp3) is 0.147. The number of nitrogens with one attached hydrogen (secondary N) is 2. The van der Waals surface area contributed by atoms with Gasteiger partial charge in [0.05, 0.1) is 17.8 Å². The van der Waals surface area contributed by atoms with Gasteiger partial charge in [0.25, 0.3) is 5.91 Å². The van der Waals surface area contributed by atoms with Gasteiger partial charge in [-0.05, 0) is 98.4 Å². The van der Waals surface area contributed by atoms with Crippen molar-refractivity contribution in [3.8, 4) is 11.4 Å². The number of ether oxygens (including phenoxy) is 1. The Labute approximate surface area is 250 Å². The molecule has 0 saturated carbocycles. The summed E-state index contributed by atoms with van der Waals surface area (Å²) < 4.78 is 7.86. The van der Waals surface area contributed by atoms with Crippen molar-refractivity contribution in [3.05, 3.63) is 138 Å². The lowest BCUT2D eigenvalue weighted by molar-refractivity contribution is -0.118. The van der Waals surface area contributed by atoms with Crippen molar-refractivity contribution in [2.24, 2.45) is 0 Å². The highest BCUT2D eigenvalue weighted by molar-refractivity contribution is 7.80. The van der Waals surface area contributed by atoms with Crippen molar-refractivity contribution < 1.29 is 9.53 Å². The Morgan fingerprint density at radius 1 is 0.905 bits per heavy atom. The standard InChI is InChI=1S/C34H31N5O2S/c1-23-21-29(24(2)38(23)26-11-5-3-6-12-26)33-32(30-15-9-10-20-35-30)37-34(42)39(33)27-18-16-25(17-19-27)36-31(40)22-41-28-13-7-4-8-14-28/h3-21,32-33H,22H2,1-2H3,(H,36,40)(H,37,42)/t32-,33+/m0/s1. The van der Waals surface area contributed by atoms with Gasteiger partial charge < -0.3 is 24.8 Å². The number of aryl methyl sites for hydroxylation is 1. The minimum atomic E-state index is -0.230. The van der Waals surface area contributed by atoms with Crippen LogP contribution < -0.4 is 20.3 Å². The maximum absolute atomic E-state index is 12.5. The molecule has 0 spiro atoms. The normalized spacial score (nSPS) is 16.2. The van der Waals surface area contributed by atoms with E-state index in [1.165, 1.54) is 0 Å². The Bertz CT molecular complexity index is 1690. The molecule has 1 saturated heterocycles. The van der Waals surface area contributed by atoms with E-state index in [0.29, 0.717) is 16.5 Å². The Morgan fingerprint density at radius 2 is 1.60 bits per heavy atom. The molecule has 2 aromatic heterocycles. The van der Waals surface area contributed by atoms with Crippen LogP contribution in [-0.4, -0.2) is 27.2 Å². The molecule has 0 aliphatic carbocycles. The molecule has 1 amide bonds. The van der Waals surface area contributed by atoms with Crippen LogP contribution in [-0.2, 0) is 4.79 Å². The van der Waals surface area contributed by atoms with Crippen molar-refractivity contribution >= 4 is 34.6 Å². The van der Waals surface area contributed by atoms with E-state index in [9.17, 15) is 4.79 Å². The molecule has 5 aromatic rings. The number of nitrogens with zero attached hydrogens (tertiary/aromatic N) is 3. The predicted molar refractivity (Wildman–Crippen MR) is 170 cm³/mol. The number of rotatable bonds is 8. The first-order chi connectivity index (χ1) is 20.5. The number of hydrogen-bond acceptors (Lipinski definition) is 4. The van der Waals surface area contributed by atoms with Crippen LogP contribution in [0, 0.1) is 13.8 Å². The van der Waals surface area contributed by atoms with Crippen LogP contribution in [0.1, 0.15) is 34.7 Å². The zero-order valence-electron chi connectivity index (χ0n) is 23.4. The van der Waals surface area contributed by atoms with Crippen molar-refractivity contribution in [2.75, 3.05) is 16.8 Å². The third-order valence-corrected chi connectivity index (χ3v) is 7.76. The van der Waals surface area contributed by atoms with E-state index in [1.807, 2.05) is 85.1 Å². The molecule has 2 atom stereocenters. The van der Waals surface area contributed by atoms with Gasteiger partial charge >= 0.3 is 0 Å². The Morgan fingerprint density at radius 3 is 2.29 bits per heavy atom. The molecule has 210 valence electrons. The van der Waals surface area contributed by atoms with E-state index >= 15 is 0 Å². The molecule has 0 bridgehead atoms.